The molecule has 0 unspecified atom stereocenters. The van der Waals surface area contributed by atoms with E-state index in [-0.39, 0.29) is 0 Å². The number of aryl methyl sites for hydroxylation is 2. The smallest absolute Gasteiger partial charge is 0.0101 e. The van der Waals surface area contributed by atoms with Gasteiger partial charge in [0.2, 0.25) is 0 Å². The Bertz CT molecular complexity index is 471. The first-order valence-electron chi connectivity index (χ1n) is 6.54. The molecular formula is C17H21N. The third-order valence-corrected chi connectivity index (χ3v) is 3.34. The summed E-state index contributed by atoms with van der Waals surface area (Å²) < 4.78 is 0. The first-order valence-corrected chi connectivity index (χ1v) is 6.54. The lowest BCUT2D eigenvalue weighted by Crippen LogP contribution is -2.09. The van der Waals surface area contributed by atoms with Crippen molar-refractivity contribution in [1.82, 2.24) is 0 Å². The van der Waals surface area contributed by atoms with Crippen LogP contribution in [0, 0.1) is 13.8 Å². The van der Waals surface area contributed by atoms with E-state index in [0.29, 0.717) is 12.5 Å². The van der Waals surface area contributed by atoms with E-state index in [9.17, 15) is 0 Å². The van der Waals surface area contributed by atoms with E-state index in [1.807, 2.05) is 0 Å². The van der Waals surface area contributed by atoms with Gasteiger partial charge < -0.3 is 5.73 Å². The second-order valence-electron chi connectivity index (χ2n) is 4.96. The summed E-state index contributed by atoms with van der Waals surface area (Å²) in [5.41, 5.74) is 11.1. The van der Waals surface area contributed by atoms with Crippen molar-refractivity contribution in [2.45, 2.75) is 26.2 Å². The Balaban J connectivity index is 2.39. The molecule has 0 heterocycles. The summed E-state index contributed by atoms with van der Waals surface area (Å²) in [4.78, 5) is 0. The minimum absolute atomic E-state index is 0.412. The lowest BCUT2D eigenvalue weighted by Gasteiger charge is -2.18. The first-order chi connectivity index (χ1) is 8.70. The predicted molar refractivity (Wildman–Crippen MR) is 77.9 cm³/mol. The van der Waals surface area contributed by atoms with E-state index in [2.05, 4.69) is 62.4 Å². The Morgan fingerprint density at radius 2 is 1.39 bits per heavy atom. The molecule has 0 saturated carbocycles. The van der Waals surface area contributed by atoms with Gasteiger partial charge in [-0.1, -0.05) is 59.7 Å². The zero-order valence-electron chi connectivity index (χ0n) is 11.2. The molecule has 2 aromatic rings. The Hall–Kier alpha value is -1.60. The molecule has 2 N–H and O–H groups in total. The summed E-state index contributed by atoms with van der Waals surface area (Å²) in [6.45, 7) is 4.99. The van der Waals surface area contributed by atoms with Crippen LogP contribution in [0.3, 0.4) is 0 Å². The summed E-state index contributed by atoms with van der Waals surface area (Å²) in [6, 6.07) is 17.5. The molecule has 0 radical (unpaired) electrons. The van der Waals surface area contributed by atoms with Gasteiger partial charge in [0.1, 0.15) is 0 Å². The van der Waals surface area contributed by atoms with Crippen LogP contribution in [0.2, 0.25) is 0 Å². The first kappa shape index (κ1) is 12.8. The van der Waals surface area contributed by atoms with Gasteiger partial charge in [-0.2, -0.15) is 0 Å². The van der Waals surface area contributed by atoms with Crippen molar-refractivity contribution in [1.29, 1.82) is 0 Å². The average molecular weight is 239 g/mol. The van der Waals surface area contributed by atoms with E-state index in [4.69, 9.17) is 5.73 Å². The fourth-order valence-electron chi connectivity index (χ4n) is 2.47. The molecule has 2 aromatic carbocycles. The molecule has 0 aromatic heterocycles. The third-order valence-electron chi connectivity index (χ3n) is 3.34. The molecule has 0 aliphatic rings. The fraction of sp³-hybridized carbons (Fsp3) is 0.294. The topological polar surface area (TPSA) is 26.0 Å². The molecule has 0 atom stereocenters. The highest BCUT2D eigenvalue weighted by Crippen LogP contribution is 2.28. The number of benzene rings is 2. The van der Waals surface area contributed by atoms with E-state index >= 15 is 0 Å². The van der Waals surface area contributed by atoms with Crippen LogP contribution in [0.15, 0.2) is 48.5 Å². The maximum absolute atomic E-state index is 5.78. The van der Waals surface area contributed by atoms with E-state index in [1.54, 1.807) is 0 Å². The molecule has 94 valence electrons. The summed E-state index contributed by atoms with van der Waals surface area (Å²) in [6.07, 6.45) is 0.993. The number of hydrogen-bond acceptors (Lipinski definition) is 1. The Labute approximate surface area is 110 Å². The van der Waals surface area contributed by atoms with Crippen molar-refractivity contribution in [3.63, 3.8) is 0 Å². The lowest BCUT2D eigenvalue weighted by molar-refractivity contribution is 0.725. The van der Waals surface area contributed by atoms with Crippen molar-refractivity contribution >= 4 is 0 Å². The molecule has 0 aliphatic heterocycles. The highest BCUT2D eigenvalue weighted by atomic mass is 14.5. The summed E-state index contributed by atoms with van der Waals surface area (Å²) in [5.74, 6) is 0.412. The molecule has 0 spiro atoms. The zero-order chi connectivity index (χ0) is 13.0. The minimum atomic E-state index is 0.412. The van der Waals surface area contributed by atoms with Gasteiger partial charge in [0.25, 0.3) is 0 Å². The van der Waals surface area contributed by atoms with Crippen molar-refractivity contribution in [2.24, 2.45) is 5.73 Å². The van der Waals surface area contributed by atoms with Crippen LogP contribution in [0.1, 0.15) is 34.6 Å². The fourth-order valence-corrected chi connectivity index (χ4v) is 2.47. The number of nitrogens with two attached hydrogens (primary N) is 1. The maximum Gasteiger partial charge on any atom is 0.0101 e. The number of rotatable bonds is 4. The SMILES string of the molecule is Cc1cccc(C(CCN)c2cccc(C)c2)c1. The van der Waals surface area contributed by atoms with Crippen molar-refractivity contribution in [3.8, 4) is 0 Å². The van der Waals surface area contributed by atoms with Gasteiger partial charge in [0.05, 0.1) is 0 Å². The van der Waals surface area contributed by atoms with Gasteiger partial charge in [0.15, 0.2) is 0 Å². The predicted octanol–water partition coefficient (Wildman–Crippen LogP) is 3.78. The largest absolute Gasteiger partial charge is 0.330 e. The van der Waals surface area contributed by atoms with Crippen LogP contribution in [-0.2, 0) is 0 Å². The van der Waals surface area contributed by atoms with Gasteiger partial charge in [-0.3, -0.25) is 0 Å². The summed E-state index contributed by atoms with van der Waals surface area (Å²) >= 11 is 0. The molecule has 18 heavy (non-hydrogen) atoms. The molecule has 2 rings (SSSR count). The van der Waals surface area contributed by atoms with Crippen LogP contribution in [0.5, 0.6) is 0 Å². The second-order valence-corrected chi connectivity index (χ2v) is 4.96. The summed E-state index contributed by atoms with van der Waals surface area (Å²) in [5, 5.41) is 0. The van der Waals surface area contributed by atoms with Crippen LogP contribution in [0.25, 0.3) is 0 Å². The molecular weight excluding hydrogens is 218 g/mol. The maximum atomic E-state index is 5.78. The Morgan fingerprint density at radius 1 is 0.889 bits per heavy atom. The molecule has 0 fully saturated rings. The molecule has 1 heteroatoms. The normalized spacial score (nSPS) is 10.9. The standard InChI is InChI=1S/C17H21N/c1-13-5-3-7-15(11-13)17(9-10-18)16-8-4-6-14(2)12-16/h3-8,11-12,17H,9-10,18H2,1-2H3. The van der Waals surface area contributed by atoms with E-state index < -0.39 is 0 Å². The summed E-state index contributed by atoms with van der Waals surface area (Å²) in [7, 11) is 0. The molecule has 0 amide bonds. The molecule has 0 saturated heterocycles. The van der Waals surface area contributed by atoms with Crippen LogP contribution in [-0.4, -0.2) is 6.54 Å². The van der Waals surface area contributed by atoms with E-state index in [1.165, 1.54) is 22.3 Å². The quantitative estimate of drug-likeness (QED) is 0.863. The lowest BCUT2D eigenvalue weighted by atomic mass is 9.87. The average Bonchev–Trinajstić information content (AvgIpc) is 2.36. The Morgan fingerprint density at radius 3 is 1.78 bits per heavy atom. The van der Waals surface area contributed by atoms with Crippen LogP contribution in [0.4, 0.5) is 0 Å². The third kappa shape index (κ3) is 2.99. The van der Waals surface area contributed by atoms with Gasteiger partial charge >= 0.3 is 0 Å². The number of hydrogen-bond donors (Lipinski definition) is 1. The molecule has 1 nitrogen and oxygen atoms in total. The van der Waals surface area contributed by atoms with Crippen LogP contribution >= 0.6 is 0 Å². The van der Waals surface area contributed by atoms with Gasteiger partial charge in [-0.05, 0) is 37.9 Å². The van der Waals surface area contributed by atoms with Gasteiger partial charge in [-0.15, -0.1) is 0 Å². The van der Waals surface area contributed by atoms with Crippen molar-refractivity contribution in [2.75, 3.05) is 6.54 Å². The van der Waals surface area contributed by atoms with Crippen molar-refractivity contribution < 1.29 is 0 Å². The highest BCUT2D eigenvalue weighted by Gasteiger charge is 2.13. The van der Waals surface area contributed by atoms with Gasteiger partial charge in [-0.25, -0.2) is 0 Å². The monoisotopic (exact) mass is 239 g/mol. The van der Waals surface area contributed by atoms with Gasteiger partial charge in [0, 0.05) is 5.92 Å². The molecule has 0 aliphatic carbocycles. The minimum Gasteiger partial charge on any atom is -0.330 e. The Kier molecular flexibility index (Phi) is 4.16. The highest BCUT2D eigenvalue weighted by molar-refractivity contribution is 5.36. The molecule has 0 bridgehead atoms. The second kappa shape index (κ2) is 5.83. The zero-order valence-corrected chi connectivity index (χ0v) is 11.2. The van der Waals surface area contributed by atoms with Crippen molar-refractivity contribution in [3.05, 3.63) is 70.8 Å². The van der Waals surface area contributed by atoms with Crippen LogP contribution < -0.4 is 5.73 Å². The van der Waals surface area contributed by atoms with E-state index in [0.717, 1.165) is 6.42 Å².